The summed E-state index contributed by atoms with van der Waals surface area (Å²) >= 11 is 0. The Hall–Kier alpha value is -1.67. The van der Waals surface area contributed by atoms with Gasteiger partial charge in [-0.2, -0.15) is 0 Å². The van der Waals surface area contributed by atoms with Gasteiger partial charge in [0.05, 0.1) is 6.26 Å². The lowest BCUT2D eigenvalue weighted by atomic mass is 9.97. The fourth-order valence-electron chi connectivity index (χ4n) is 3.44. The van der Waals surface area contributed by atoms with E-state index in [2.05, 4.69) is 15.2 Å². The molecule has 2 fully saturated rings. The Labute approximate surface area is 149 Å². The Bertz CT molecular complexity index is 691. The van der Waals surface area contributed by atoms with Crippen molar-refractivity contribution >= 4 is 21.7 Å². The second kappa shape index (κ2) is 7.70. The zero-order valence-electron chi connectivity index (χ0n) is 14.6. The van der Waals surface area contributed by atoms with Crippen molar-refractivity contribution in [2.45, 2.75) is 32.2 Å². The molecule has 0 bridgehead atoms. The fraction of sp³-hybridized carbons (Fsp3) is 0.647. The molecule has 3 rings (SSSR count). The molecular weight excluding hydrogens is 340 g/mol. The van der Waals surface area contributed by atoms with Crippen LogP contribution in [0.5, 0.6) is 0 Å². The van der Waals surface area contributed by atoms with E-state index < -0.39 is 10.0 Å². The quantitative estimate of drug-likeness (QED) is 0.840. The first-order chi connectivity index (χ1) is 11.9. The van der Waals surface area contributed by atoms with Crippen LogP contribution < -0.4 is 10.2 Å². The number of carbonyl (C=O) groups excluding carboxylic acids is 1. The Morgan fingerprint density at radius 2 is 1.88 bits per heavy atom. The third-order valence-corrected chi connectivity index (χ3v) is 6.30. The van der Waals surface area contributed by atoms with Crippen molar-refractivity contribution in [2.75, 3.05) is 37.3 Å². The van der Waals surface area contributed by atoms with E-state index in [9.17, 15) is 13.2 Å². The Morgan fingerprint density at radius 1 is 1.20 bits per heavy atom. The lowest BCUT2D eigenvalue weighted by Crippen LogP contribution is -2.42. The van der Waals surface area contributed by atoms with Crippen LogP contribution in [0.2, 0.25) is 0 Å². The van der Waals surface area contributed by atoms with Crippen molar-refractivity contribution in [3.8, 4) is 0 Å². The number of rotatable bonds is 5. The molecule has 7 nitrogen and oxygen atoms in total. The second-order valence-electron chi connectivity index (χ2n) is 6.87. The summed E-state index contributed by atoms with van der Waals surface area (Å²) in [7, 11) is -3.15. The number of piperidine rings is 1. The molecule has 8 heteroatoms. The zero-order chi connectivity index (χ0) is 17.9. The molecule has 0 aromatic carbocycles. The maximum atomic E-state index is 12.3. The first-order valence-corrected chi connectivity index (χ1v) is 10.7. The predicted octanol–water partition coefficient (Wildman–Crippen LogP) is 0.970. The highest BCUT2D eigenvalue weighted by Gasteiger charge is 2.28. The van der Waals surface area contributed by atoms with Gasteiger partial charge in [0.1, 0.15) is 5.82 Å². The first kappa shape index (κ1) is 18.1. The number of hydrogen-bond donors (Lipinski definition) is 1. The van der Waals surface area contributed by atoms with Gasteiger partial charge in [0, 0.05) is 44.8 Å². The molecule has 2 aliphatic rings. The Balaban J connectivity index is 1.46. The standard InChI is InChI=1S/C17H26N4O3S/c1-25(23,24)21-10-6-15(7-11-21)17(22)19-13-14-4-5-16(18-12-14)20-8-2-3-9-20/h4-5,12,15H,2-3,6-11,13H2,1H3,(H,19,22). The number of carbonyl (C=O) groups is 1. The number of hydrogen-bond acceptors (Lipinski definition) is 5. The lowest BCUT2D eigenvalue weighted by Gasteiger charge is -2.29. The second-order valence-corrected chi connectivity index (χ2v) is 8.86. The number of anilines is 1. The van der Waals surface area contributed by atoms with Gasteiger partial charge in [-0.05, 0) is 37.3 Å². The highest BCUT2D eigenvalue weighted by molar-refractivity contribution is 7.88. The van der Waals surface area contributed by atoms with Gasteiger partial charge in [-0.1, -0.05) is 6.07 Å². The lowest BCUT2D eigenvalue weighted by molar-refractivity contribution is -0.126. The minimum atomic E-state index is -3.15. The van der Waals surface area contributed by atoms with Gasteiger partial charge in [-0.15, -0.1) is 0 Å². The minimum Gasteiger partial charge on any atom is -0.357 e. The first-order valence-electron chi connectivity index (χ1n) is 8.86. The van der Waals surface area contributed by atoms with Crippen molar-refractivity contribution in [3.63, 3.8) is 0 Å². The van der Waals surface area contributed by atoms with Crippen molar-refractivity contribution in [1.29, 1.82) is 0 Å². The minimum absolute atomic E-state index is 0.00299. The van der Waals surface area contributed by atoms with E-state index >= 15 is 0 Å². The van der Waals surface area contributed by atoms with Gasteiger partial charge in [-0.3, -0.25) is 4.79 Å². The molecule has 25 heavy (non-hydrogen) atoms. The van der Waals surface area contributed by atoms with E-state index in [1.54, 1.807) is 0 Å². The summed E-state index contributed by atoms with van der Waals surface area (Å²) in [6.07, 6.45) is 6.62. The van der Waals surface area contributed by atoms with Crippen LogP contribution in [0, 0.1) is 5.92 Å². The van der Waals surface area contributed by atoms with Crippen LogP contribution in [0.1, 0.15) is 31.2 Å². The maximum Gasteiger partial charge on any atom is 0.223 e. The number of amides is 1. The fourth-order valence-corrected chi connectivity index (χ4v) is 4.31. The zero-order valence-corrected chi connectivity index (χ0v) is 15.5. The van der Waals surface area contributed by atoms with E-state index in [-0.39, 0.29) is 11.8 Å². The molecule has 0 saturated carbocycles. The van der Waals surface area contributed by atoms with Gasteiger partial charge in [0.2, 0.25) is 15.9 Å². The molecule has 138 valence electrons. The van der Waals surface area contributed by atoms with Crippen molar-refractivity contribution in [3.05, 3.63) is 23.9 Å². The third-order valence-electron chi connectivity index (χ3n) is 5.00. The van der Waals surface area contributed by atoms with E-state index in [0.717, 1.165) is 24.5 Å². The summed E-state index contributed by atoms with van der Waals surface area (Å²) in [6.45, 7) is 3.43. The van der Waals surface area contributed by atoms with Crippen LogP contribution in [0.3, 0.4) is 0 Å². The van der Waals surface area contributed by atoms with E-state index in [1.807, 2.05) is 18.3 Å². The SMILES string of the molecule is CS(=O)(=O)N1CCC(C(=O)NCc2ccc(N3CCCC3)nc2)CC1. The number of nitrogens with zero attached hydrogens (tertiary/aromatic N) is 3. The smallest absolute Gasteiger partial charge is 0.223 e. The molecule has 3 heterocycles. The van der Waals surface area contributed by atoms with Gasteiger partial charge in [0.25, 0.3) is 0 Å². The summed E-state index contributed by atoms with van der Waals surface area (Å²) in [6, 6.07) is 4.02. The normalized spacial score (nSPS) is 20.0. The number of sulfonamides is 1. The number of nitrogens with one attached hydrogen (secondary N) is 1. The Kier molecular flexibility index (Phi) is 5.58. The number of pyridine rings is 1. The van der Waals surface area contributed by atoms with E-state index in [0.29, 0.717) is 32.5 Å². The summed E-state index contributed by atoms with van der Waals surface area (Å²) in [4.78, 5) is 19.1. The molecule has 1 amide bonds. The van der Waals surface area contributed by atoms with Crippen molar-refractivity contribution < 1.29 is 13.2 Å². The molecule has 1 aromatic heterocycles. The van der Waals surface area contributed by atoms with Gasteiger partial charge in [0.15, 0.2) is 0 Å². The molecule has 0 radical (unpaired) electrons. The largest absolute Gasteiger partial charge is 0.357 e. The van der Waals surface area contributed by atoms with Crippen LogP contribution >= 0.6 is 0 Å². The van der Waals surface area contributed by atoms with Crippen LogP contribution in [0.25, 0.3) is 0 Å². The molecule has 1 aromatic rings. The van der Waals surface area contributed by atoms with Gasteiger partial charge < -0.3 is 10.2 Å². The third kappa shape index (κ3) is 4.70. The molecule has 1 N–H and O–H groups in total. The summed E-state index contributed by atoms with van der Waals surface area (Å²) in [5, 5.41) is 2.95. The molecular formula is C17H26N4O3S. The summed E-state index contributed by atoms with van der Waals surface area (Å²) < 4.78 is 24.5. The topological polar surface area (TPSA) is 82.6 Å². The van der Waals surface area contributed by atoms with Crippen LogP contribution in [-0.2, 0) is 21.4 Å². The van der Waals surface area contributed by atoms with Crippen molar-refractivity contribution in [2.24, 2.45) is 5.92 Å². The van der Waals surface area contributed by atoms with Crippen LogP contribution in [0.15, 0.2) is 18.3 Å². The van der Waals surface area contributed by atoms with Crippen LogP contribution in [-0.4, -0.2) is 56.0 Å². The average molecular weight is 366 g/mol. The summed E-state index contributed by atoms with van der Waals surface area (Å²) in [5.41, 5.74) is 0.977. The van der Waals surface area contributed by atoms with Crippen molar-refractivity contribution in [1.82, 2.24) is 14.6 Å². The van der Waals surface area contributed by atoms with E-state index in [4.69, 9.17) is 0 Å². The highest BCUT2D eigenvalue weighted by Crippen LogP contribution is 2.20. The molecule has 0 atom stereocenters. The predicted molar refractivity (Wildman–Crippen MR) is 96.7 cm³/mol. The monoisotopic (exact) mass is 366 g/mol. The van der Waals surface area contributed by atoms with E-state index in [1.165, 1.54) is 23.4 Å². The Morgan fingerprint density at radius 3 is 2.44 bits per heavy atom. The highest BCUT2D eigenvalue weighted by atomic mass is 32.2. The molecule has 2 saturated heterocycles. The molecule has 2 aliphatic heterocycles. The summed E-state index contributed by atoms with van der Waals surface area (Å²) in [5.74, 6) is 0.882. The van der Waals surface area contributed by atoms with Crippen LogP contribution in [0.4, 0.5) is 5.82 Å². The molecule has 0 aliphatic carbocycles. The van der Waals surface area contributed by atoms with Gasteiger partial charge >= 0.3 is 0 Å². The average Bonchev–Trinajstić information content (AvgIpc) is 3.14. The van der Waals surface area contributed by atoms with Gasteiger partial charge in [-0.25, -0.2) is 17.7 Å². The maximum absolute atomic E-state index is 12.3. The molecule has 0 spiro atoms. The molecule has 0 unspecified atom stereocenters. The number of aromatic nitrogens is 1.